The number of carbonyl (C=O) groups is 2. The molecule has 1 aliphatic heterocycles. The van der Waals surface area contributed by atoms with Gasteiger partial charge in [-0.15, -0.1) is 0 Å². The number of carbonyl (C=O) groups excluding carboxylic acids is 2. The molecule has 1 atom stereocenters. The van der Waals surface area contributed by atoms with Crippen LogP contribution in [0.1, 0.15) is 50.3 Å². The van der Waals surface area contributed by atoms with E-state index in [1.54, 1.807) is 24.3 Å². The van der Waals surface area contributed by atoms with Crippen LogP contribution in [0.25, 0.3) is 5.76 Å². The predicted molar refractivity (Wildman–Crippen MR) is 113 cm³/mol. The Labute approximate surface area is 175 Å². The van der Waals surface area contributed by atoms with E-state index in [4.69, 9.17) is 4.74 Å². The lowest BCUT2D eigenvalue weighted by molar-refractivity contribution is -0.139. The lowest BCUT2D eigenvalue weighted by Gasteiger charge is -2.25. The molecular weight excluding hydrogens is 385 g/mol. The average molecular weight is 411 g/mol. The second-order valence-corrected chi connectivity index (χ2v) is 7.27. The van der Waals surface area contributed by atoms with Gasteiger partial charge in [0.1, 0.15) is 17.3 Å². The molecule has 6 heteroatoms. The third-order valence-electron chi connectivity index (χ3n) is 5.08. The molecule has 0 spiro atoms. The van der Waals surface area contributed by atoms with E-state index in [1.165, 1.54) is 29.2 Å². The van der Waals surface area contributed by atoms with Gasteiger partial charge in [-0.3, -0.25) is 9.59 Å². The van der Waals surface area contributed by atoms with Gasteiger partial charge in [0.25, 0.3) is 11.7 Å². The summed E-state index contributed by atoms with van der Waals surface area (Å²) in [4.78, 5) is 26.9. The smallest absolute Gasteiger partial charge is 0.295 e. The van der Waals surface area contributed by atoms with E-state index in [0.717, 1.165) is 12.8 Å². The molecule has 3 rings (SSSR count). The fourth-order valence-electron chi connectivity index (χ4n) is 3.54. The first kappa shape index (κ1) is 21.6. The van der Waals surface area contributed by atoms with E-state index >= 15 is 0 Å². The Hall–Kier alpha value is -3.15. The molecular formula is C24H26FNO4. The topological polar surface area (TPSA) is 66.8 Å². The SMILES string of the molecule is CCCCOc1ccc(C2/C(=C(/O)c3ccc(F)cc3)C(=O)C(=O)N2CCC)cc1. The number of aliphatic hydroxyl groups excluding tert-OH is 1. The molecule has 1 heterocycles. The summed E-state index contributed by atoms with van der Waals surface area (Å²) in [6.45, 7) is 5.00. The van der Waals surface area contributed by atoms with Gasteiger partial charge in [0, 0.05) is 12.1 Å². The lowest BCUT2D eigenvalue weighted by Crippen LogP contribution is -2.30. The number of rotatable bonds is 8. The predicted octanol–water partition coefficient (Wildman–Crippen LogP) is 4.84. The second kappa shape index (κ2) is 9.57. The highest BCUT2D eigenvalue weighted by Gasteiger charge is 2.45. The van der Waals surface area contributed by atoms with Crippen LogP contribution in [0.3, 0.4) is 0 Å². The zero-order valence-electron chi connectivity index (χ0n) is 17.2. The first-order chi connectivity index (χ1) is 14.5. The summed E-state index contributed by atoms with van der Waals surface area (Å²) in [7, 11) is 0. The largest absolute Gasteiger partial charge is 0.507 e. The number of hydrogen-bond donors (Lipinski definition) is 1. The number of hydrogen-bond acceptors (Lipinski definition) is 4. The first-order valence-electron chi connectivity index (χ1n) is 10.2. The molecule has 1 saturated heterocycles. The number of ether oxygens (including phenoxy) is 1. The molecule has 0 saturated carbocycles. The molecule has 30 heavy (non-hydrogen) atoms. The number of nitrogens with zero attached hydrogens (tertiary/aromatic N) is 1. The van der Waals surface area contributed by atoms with Crippen molar-refractivity contribution in [2.75, 3.05) is 13.2 Å². The Balaban J connectivity index is 2.02. The Morgan fingerprint density at radius 3 is 2.30 bits per heavy atom. The summed E-state index contributed by atoms with van der Waals surface area (Å²) in [5.41, 5.74) is 1.00. The Bertz CT molecular complexity index is 935. The van der Waals surface area contributed by atoms with E-state index < -0.39 is 23.5 Å². The molecule has 1 amide bonds. The molecule has 2 aromatic carbocycles. The standard InChI is InChI=1S/C24H26FNO4/c1-3-5-15-30-19-12-8-16(9-13-19)21-20(23(28)24(29)26(21)14-4-2)22(27)17-6-10-18(25)11-7-17/h6-13,21,27H,3-5,14-15H2,1-2H3/b22-20-. The van der Waals surface area contributed by atoms with Gasteiger partial charge in [0.15, 0.2) is 0 Å². The van der Waals surface area contributed by atoms with Gasteiger partial charge >= 0.3 is 0 Å². The Morgan fingerprint density at radius 2 is 1.70 bits per heavy atom. The fourth-order valence-corrected chi connectivity index (χ4v) is 3.54. The van der Waals surface area contributed by atoms with Gasteiger partial charge in [-0.25, -0.2) is 4.39 Å². The number of ketones is 1. The van der Waals surface area contributed by atoms with E-state index in [-0.39, 0.29) is 16.9 Å². The van der Waals surface area contributed by atoms with Crippen LogP contribution in [0.15, 0.2) is 54.1 Å². The van der Waals surface area contributed by atoms with E-state index in [9.17, 15) is 19.1 Å². The molecule has 1 aliphatic rings. The van der Waals surface area contributed by atoms with Crippen molar-refractivity contribution in [3.63, 3.8) is 0 Å². The van der Waals surface area contributed by atoms with Gasteiger partial charge in [-0.05, 0) is 54.8 Å². The average Bonchev–Trinajstić information content (AvgIpc) is 3.00. The van der Waals surface area contributed by atoms with Crippen molar-refractivity contribution in [3.05, 3.63) is 71.0 Å². The summed E-state index contributed by atoms with van der Waals surface area (Å²) in [5.74, 6) is -1.43. The molecule has 1 unspecified atom stereocenters. The number of halogens is 1. The zero-order valence-corrected chi connectivity index (χ0v) is 17.2. The lowest BCUT2D eigenvalue weighted by atomic mass is 9.95. The number of unbranched alkanes of at least 4 members (excludes halogenated alkanes) is 1. The quantitative estimate of drug-likeness (QED) is 0.292. The maximum absolute atomic E-state index is 13.3. The van der Waals surface area contributed by atoms with Gasteiger partial charge in [-0.1, -0.05) is 32.4 Å². The highest BCUT2D eigenvalue weighted by Crippen LogP contribution is 2.39. The third-order valence-corrected chi connectivity index (χ3v) is 5.08. The summed E-state index contributed by atoms with van der Waals surface area (Å²) < 4.78 is 19.0. The Kier molecular flexibility index (Phi) is 6.87. The maximum Gasteiger partial charge on any atom is 0.295 e. The minimum absolute atomic E-state index is 0.0136. The Morgan fingerprint density at radius 1 is 1.03 bits per heavy atom. The highest BCUT2D eigenvalue weighted by atomic mass is 19.1. The van der Waals surface area contributed by atoms with Gasteiger partial charge in [0.05, 0.1) is 18.2 Å². The molecule has 0 aromatic heterocycles. The number of benzene rings is 2. The second-order valence-electron chi connectivity index (χ2n) is 7.27. The van der Waals surface area contributed by atoms with Crippen LogP contribution < -0.4 is 4.74 Å². The van der Waals surface area contributed by atoms with Crippen molar-refractivity contribution in [1.29, 1.82) is 0 Å². The van der Waals surface area contributed by atoms with Crippen LogP contribution >= 0.6 is 0 Å². The van der Waals surface area contributed by atoms with Crippen molar-refractivity contribution in [3.8, 4) is 5.75 Å². The fraction of sp³-hybridized carbons (Fsp3) is 0.333. The van der Waals surface area contributed by atoms with Crippen LogP contribution in [0, 0.1) is 5.82 Å². The highest BCUT2D eigenvalue weighted by molar-refractivity contribution is 6.46. The van der Waals surface area contributed by atoms with Crippen LogP contribution in [-0.4, -0.2) is 34.8 Å². The third kappa shape index (κ3) is 4.37. The van der Waals surface area contributed by atoms with Crippen molar-refractivity contribution >= 4 is 17.4 Å². The molecule has 0 aliphatic carbocycles. The maximum atomic E-state index is 13.3. The minimum Gasteiger partial charge on any atom is -0.507 e. The van der Waals surface area contributed by atoms with Crippen molar-refractivity contribution < 1.29 is 23.8 Å². The van der Waals surface area contributed by atoms with Gasteiger partial charge < -0.3 is 14.7 Å². The van der Waals surface area contributed by atoms with Gasteiger partial charge in [-0.2, -0.15) is 0 Å². The number of likely N-dealkylation sites (tertiary alicyclic amines) is 1. The van der Waals surface area contributed by atoms with Crippen LogP contribution in [0.2, 0.25) is 0 Å². The van der Waals surface area contributed by atoms with E-state index in [2.05, 4.69) is 6.92 Å². The molecule has 5 nitrogen and oxygen atoms in total. The molecule has 1 N–H and O–H groups in total. The van der Waals surface area contributed by atoms with Gasteiger partial charge in [0.2, 0.25) is 0 Å². The van der Waals surface area contributed by atoms with Crippen LogP contribution in [0.5, 0.6) is 5.75 Å². The first-order valence-corrected chi connectivity index (χ1v) is 10.2. The minimum atomic E-state index is -0.737. The van der Waals surface area contributed by atoms with E-state index in [1.807, 2.05) is 6.92 Å². The molecule has 1 fully saturated rings. The number of aliphatic hydroxyl groups is 1. The molecule has 0 bridgehead atoms. The summed E-state index contributed by atoms with van der Waals surface area (Å²) in [5, 5.41) is 10.8. The summed E-state index contributed by atoms with van der Waals surface area (Å²) in [6, 6.07) is 11.7. The van der Waals surface area contributed by atoms with Crippen molar-refractivity contribution in [1.82, 2.24) is 4.90 Å². The molecule has 2 aromatic rings. The van der Waals surface area contributed by atoms with E-state index in [0.29, 0.717) is 30.9 Å². The van der Waals surface area contributed by atoms with Crippen LogP contribution in [0.4, 0.5) is 4.39 Å². The summed E-state index contributed by atoms with van der Waals surface area (Å²) in [6.07, 6.45) is 2.65. The van der Waals surface area contributed by atoms with Crippen molar-refractivity contribution in [2.45, 2.75) is 39.2 Å². The zero-order chi connectivity index (χ0) is 21.7. The number of Topliss-reactive ketones (excluding diaryl/α,β-unsaturated/α-hetero) is 1. The number of amides is 1. The monoisotopic (exact) mass is 411 g/mol. The van der Waals surface area contributed by atoms with Crippen molar-refractivity contribution in [2.24, 2.45) is 0 Å². The molecule has 0 radical (unpaired) electrons. The van der Waals surface area contributed by atoms with Crippen LogP contribution in [-0.2, 0) is 9.59 Å². The molecule has 158 valence electrons. The normalized spacial score (nSPS) is 18.1. The summed E-state index contributed by atoms with van der Waals surface area (Å²) >= 11 is 0.